The minimum Gasteiger partial charge on any atom is -0.304 e. The van der Waals surface area contributed by atoms with Gasteiger partial charge in [0, 0.05) is 13.1 Å². The normalized spacial score (nSPS) is 23.2. The molecule has 0 aromatic carbocycles. The molecule has 0 spiro atoms. The molecular formula is C5H11NOS. The molecule has 0 aromatic rings. The van der Waals surface area contributed by atoms with Gasteiger partial charge in [-0.25, -0.2) is 4.31 Å². The highest BCUT2D eigenvalue weighted by atomic mass is 32.2. The minimum absolute atomic E-state index is 0.873. The van der Waals surface area contributed by atoms with E-state index in [1.807, 2.05) is 0 Å². The summed E-state index contributed by atoms with van der Waals surface area (Å²) in [4.78, 5) is 0. The molecule has 0 atom stereocenters. The second kappa shape index (κ2) is 2.71. The standard InChI is InChI=1S/C5H11NOS/c1-5-3-6(4-5)8-7-2/h5H,3-4H2,1-2H3. The zero-order valence-electron chi connectivity index (χ0n) is 5.26. The predicted octanol–water partition coefficient (Wildman–Crippen LogP) is 1.15. The summed E-state index contributed by atoms with van der Waals surface area (Å²) < 4.78 is 7.04. The first-order valence-electron chi connectivity index (χ1n) is 2.78. The molecule has 48 valence electrons. The lowest BCUT2D eigenvalue weighted by molar-refractivity contribution is 0.223. The molecule has 0 aromatic heterocycles. The van der Waals surface area contributed by atoms with Crippen LogP contribution in [0.3, 0.4) is 0 Å². The van der Waals surface area contributed by atoms with Crippen LogP contribution in [0.5, 0.6) is 0 Å². The molecule has 1 aliphatic rings. The molecule has 1 rings (SSSR count). The summed E-state index contributed by atoms with van der Waals surface area (Å²) in [5.74, 6) is 0.873. The van der Waals surface area contributed by atoms with E-state index >= 15 is 0 Å². The largest absolute Gasteiger partial charge is 0.304 e. The highest BCUT2D eigenvalue weighted by Crippen LogP contribution is 2.22. The van der Waals surface area contributed by atoms with Crippen molar-refractivity contribution in [3.8, 4) is 0 Å². The third-order valence-electron chi connectivity index (χ3n) is 1.21. The smallest absolute Gasteiger partial charge is 0.0816 e. The fourth-order valence-electron chi connectivity index (χ4n) is 0.808. The Hall–Kier alpha value is 0.270. The minimum atomic E-state index is 0.873. The Morgan fingerprint density at radius 2 is 2.25 bits per heavy atom. The maximum absolute atomic E-state index is 4.84. The molecule has 1 heterocycles. The van der Waals surface area contributed by atoms with Crippen LogP contribution in [-0.4, -0.2) is 24.5 Å². The van der Waals surface area contributed by atoms with E-state index in [4.69, 9.17) is 4.18 Å². The van der Waals surface area contributed by atoms with Crippen LogP contribution in [0, 0.1) is 5.92 Å². The Kier molecular flexibility index (Phi) is 2.16. The fourth-order valence-corrected chi connectivity index (χ4v) is 1.65. The molecule has 8 heavy (non-hydrogen) atoms. The van der Waals surface area contributed by atoms with E-state index in [0.717, 1.165) is 5.92 Å². The molecule has 1 saturated heterocycles. The molecule has 0 N–H and O–H groups in total. The molecule has 0 aliphatic carbocycles. The first-order chi connectivity index (χ1) is 3.83. The van der Waals surface area contributed by atoms with Crippen LogP contribution in [0.4, 0.5) is 0 Å². The first-order valence-corrected chi connectivity index (χ1v) is 3.48. The van der Waals surface area contributed by atoms with Crippen LogP contribution in [0.15, 0.2) is 0 Å². The Morgan fingerprint density at radius 1 is 1.62 bits per heavy atom. The number of nitrogens with zero attached hydrogens (tertiary/aromatic N) is 1. The zero-order chi connectivity index (χ0) is 5.98. The summed E-state index contributed by atoms with van der Waals surface area (Å²) in [5, 5.41) is 0. The predicted molar refractivity (Wildman–Crippen MR) is 35.3 cm³/mol. The molecule has 2 nitrogen and oxygen atoms in total. The van der Waals surface area contributed by atoms with E-state index in [-0.39, 0.29) is 0 Å². The summed E-state index contributed by atoms with van der Waals surface area (Å²) in [7, 11) is 1.70. The molecule has 0 saturated carbocycles. The van der Waals surface area contributed by atoms with Gasteiger partial charge in [0.15, 0.2) is 0 Å². The fraction of sp³-hybridized carbons (Fsp3) is 1.00. The van der Waals surface area contributed by atoms with E-state index in [1.54, 1.807) is 7.11 Å². The summed E-state index contributed by atoms with van der Waals surface area (Å²) in [6.45, 7) is 4.60. The van der Waals surface area contributed by atoms with Crippen molar-refractivity contribution < 1.29 is 4.18 Å². The highest BCUT2D eigenvalue weighted by molar-refractivity contribution is 7.92. The monoisotopic (exact) mass is 133 g/mol. The summed E-state index contributed by atoms with van der Waals surface area (Å²) in [5.41, 5.74) is 0. The van der Waals surface area contributed by atoms with Crippen LogP contribution in [-0.2, 0) is 4.18 Å². The Balaban J connectivity index is 1.98. The Bertz CT molecular complexity index is 70.1. The molecule has 0 unspecified atom stereocenters. The lowest BCUT2D eigenvalue weighted by Gasteiger charge is -2.33. The van der Waals surface area contributed by atoms with Crippen molar-refractivity contribution in [2.24, 2.45) is 5.92 Å². The first kappa shape index (κ1) is 6.39. The van der Waals surface area contributed by atoms with Crippen molar-refractivity contribution in [3.63, 3.8) is 0 Å². The summed E-state index contributed by atoms with van der Waals surface area (Å²) >= 11 is 1.46. The quantitative estimate of drug-likeness (QED) is 0.414. The molecule has 1 aliphatic heterocycles. The Morgan fingerprint density at radius 3 is 2.62 bits per heavy atom. The van der Waals surface area contributed by atoms with Crippen molar-refractivity contribution in [2.45, 2.75) is 6.92 Å². The van der Waals surface area contributed by atoms with Gasteiger partial charge < -0.3 is 4.18 Å². The van der Waals surface area contributed by atoms with Crippen molar-refractivity contribution in [3.05, 3.63) is 0 Å². The highest BCUT2D eigenvalue weighted by Gasteiger charge is 2.22. The molecule has 0 radical (unpaired) electrons. The van der Waals surface area contributed by atoms with Gasteiger partial charge in [0.2, 0.25) is 0 Å². The maximum Gasteiger partial charge on any atom is 0.0816 e. The molecule has 0 amide bonds. The second-order valence-electron chi connectivity index (χ2n) is 2.19. The SMILES string of the molecule is COSN1CC(C)C1. The van der Waals surface area contributed by atoms with Gasteiger partial charge in [0.05, 0.1) is 19.3 Å². The zero-order valence-corrected chi connectivity index (χ0v) is 6.07. The van der Waals surface area contributed by atoms with Crippen molar-refractivity contribution in [1.29, 1.82) is 0 Å². The molecule has 0 bridgehead atoms. The average molecular weight is 133 g/mol. The maximum atomic E-state index is 4.84. The van der Waals surface area contributed by atoms with Crippen LogP contribution in [0.25, 0.3) is 0 Å². The third kappa shape index (κ3) is 1.37. The topological polar surface area (TPSA) is 12.5 Å². The summed E-state index contributed by atoms with van der Waals surface area (Å²) in [6.07, 6.45) is 0. The Labute approximate surface area is 54.5 Å². The summed E-state index contributed by atoms with van der Waals surface area (Å²) in [6, 6.07) is 0. The van der Waals surface area contributed by atoms with Gasteiger partial charge in [-0.1, -0.05) is 6.92 Å². The van der Waals surface area contributed by atoms with Crippen LogP contribution in [0.1, 0.15) is 6.92 Å². The van der Waals surface area contributed by atoms with E-state index < -0.39 is 0 Å². The lowest BCUT2D eigenvalue weighted by Crippen LogP contribution is -2.39. The van der Waals surface area contributed by atoms with E-state index in [1.165, 1.54) is 25.3 Å². The molecular weight excluding hydrogens is 122 g/mol. The molecule has 3 heteroatoms. The average Bonchev–Trinajstić information content (AvgIpc) is 1.64. The van der Waals surface area contributed by atoms with Crippen molar-refractivity contribution in [2.75, 3.05) is 20.2 Å². The van der Waals surface area contributed by atoms with Gasteiger partial charge in [-0.05, 0) is 5.92 Å². The lowest BCUT2D eigenvalue weighted by atomic mass is 10.1. The third-order valence-corrected chi connectivity index (χ3v) is 1.87. The van der Waals surface area contributed by atoms with Gasteiger partial charge in [0.25, 0.3) is 0 Å². The van der Waals surface area contributed by atoms with Crippen molar-refractivity contribution in [1.82, 2.24) is 4.31 Å². The van der Waals surface area contributed by atoms with Crippen molar-refractivity contribution >= 4 is 12.2 Å². The van der Waals surface area contributed by atoms with Crippen LogP contribution >= 0.6 is 12.2 Å². The number of hydrogen-bond donors (Lipinski definition) is 0. The second-order valence-corrected chi connectivity index (χ2v) is 3.19. The van der Waals surface area contributed by atoms with Gasteiger partial charge in [0.1, 0.15) is 0 Å². The van der Waals surface area contributed by atoms with E-state index in [2.05, 4.69) is 11.2 Å². The van der Waals surface area contributed by atoms with Gasteiger partial charge >= 0.3 is 0 Å². The van der Waals surface area contributed by atoms with E-state index in [9.17, 15) is 0 Å². The molecule has 1 fully saturated rings. The van der Waals surface area contributed by atoms with Gasteiger partial charge in [-0.15, -0.1) is 0 Å². The van der Waals surface area contributed by atoms with Gasteiger partial charge in [-0.3, -0.25) is 0 Å². The number of hydrogen-bond acceptors (Lipinski definition) is 3. The number of rotatable bonds is 2. The van der Waals surface area contributed by atoms with E-state index in [0.29, 0.717) is 0 Å². The van der Waals surface area contributed by atoms with Crippen LogP contribution in [0.2, 0.25) is 0 Å². The van der Waals surface area contributed by atoms with Crippen LogP contribution < -0.4 is 0 Å². The van der Waals surface area contributed by atoms with Gasteiger partial charge in [-0.2, -0.15) is 0 Å².